The van der Waals surface area contributed by atoms with Crippen molar-refractivity contribution < 1.29 is 13.9 Å². The van der Waals surface area contributed by atoms with Gasteiger partial charge in [-0.2, -0.15) is 0 Å². The Labute approximate surface area is 163 Å². The quantitative estimate of drug-likeness (QED) is 0.667. The molecule has 0 spiro atoms. The van der Waals surface area contributed by atoms with Gasteiger partial charge in [0.1, 0.15) is 11.3 Å². The van der Waals surface area contributed by atoms with Crippen LogP contribution in [-0.2, 0) is 17.6 Å². The van der Waals surface area contributed by atoms with Crippen molar-refractivity contribution in [3.8, 4) is 5.75 Å². The smallest absolute Gasteiger partial charge is 0.339 e. The van der Waals surface area contributed by atoms with E-state index in [2.05, 4.69) is 12.2 Å². The van der Waals surface area contributed by atoms with Crippen LogP contribution in [0.5, 0.6) is 5.75 Å². The first-order chi connectivity index (χ1) is 13.6. The maximum absolute atomic E-state index is 12.1. The molecule has 0 saturated heterocycles. The molecule has 5 heteroatoms. The molecule has 1 heterocycles. The van der Waals surface area contributed by atoms with E-state index in [0.29, 0.717) is 17.9 Å². The summed E-state index contributed by atoms with van der Waals surface area (Å²) in [6, 6.07) is 15.5. The zero-order chi connectivity index (χ0) is 19.5. The summed E-state index contributed by atoms with van der Waals surface area (Å²) in [5.74, 6) is 0.556. The minimum Gasteiger partial charge on any atom is -0.484 e. The van der Waals surface area contributed by atoms with Crippen molar-refractivity contribution in [3.05, 3.63) is 75.6 Å². The second-order valence-electron chi connectivity index (χ2n) is 7.26. The first-order valence-corrected chi connectivity index (χ1v) is 9.65. The molecule has 0 saturated carbocycles. The molecule has 0 fully saturated rings. The molecule has 0 bridgehead atoms. The van der Waals surface area contributed by atoms with Gasteiger partial charge in [0.25, 0.3) is 5.91 Å². The normalized spacial score (nSPS) is 13.9. The number of hydrogen-bond acceptors (Lipinski definition) is 4. The standard InChI is InChI=1S/C23H23NO4/c1-15(16-6-3-2-4-7-16)13-24-22(25)14-27-17-10-11-19-18-8-5-9-20(18)23(26)28-21(19)12-17/h2-4,6-7,10-12,15H,5,8-9,13-14H2,1H3,(H,24,25)/t15-/m0/s1. The summed E-state index contributed by atoms with van der Waals surface area (Å²) in [5, 5.41) is 3.85. The SMILES string of the molecule is C[C@@H](CNC(=O)COc1ccc2c3c(c(=O)oc2c1)CCC3)c1ccccc1. The molecule has 0 radical (unpaired) electrons. The highest BCUT2D eigenvalue weighted by atomic mass is 16.5. The van der Waals surface area contributed by atoms with E-state index >= 15 is 0 Å². The average molecular weight is 377 g/mol. The summed E-state index contributed by atoms with van der Waals surface area (Å²) < 4.78 is 11.0. The number of carbonyl (C=O) groups excluding carboxylic acids is 1. The van der Waals surface area contributed by atoms with Gasteiger partial charge in [-0.15, -0.1) is 0 Å². The molecule has 1 amide bonds. The Balaban J connectivity index is 1.37. The predicted octanol–water partition coefficient (Wildman–Crippen LogP) is 3.58. The summed E-state index contributed by atoms with van der Waals surface area (Å²) in [4.78, 5) is 24.2. The summed E-state index contributed by atoms with van der Waals surface area (Å²) >= 11 is 0. The van der Waals surface area contributed by atoms with E-state index in [9.17, 15) is 9.59 Å². The Morgan fingerprint density at radius 2 is 1.93 bits per heavy atom. The van der Waals surface area contributed by atoms with Crippen molar-refractivity contribution >= 4 is 16.9 Å². The van der Waals surface area contributed by atoms with Crippen LogP contribution in [0, 0.1) is 0 Å². The fourth-order valence-electron chi connectivity index (χ4n) is 3.72. The molecule has 1 N–H and O–H groups in total. The van der Waals surface area contributed by atoms with Crippen molar-refractivity contribution in [2.45, 2.75) is 32.1 Å². The Morgan fingerprint density at radius 1 is 1.14 bits per heavy atom. The van der Waals surface area contributed by atoms with E-state index in [0.717, 1.165) is 35.8 Å². The number of nitrogens with one attached hydrogen (secondary N) is 1. The predicted molar refractivity (Wildman–Crippen MR) is 108 cm³/mol. The number of fused-ring (bicyclic) bond motifs is 3. The van der Waals surface area contributed by atoms with Crippen molar-refractivity contribution in [2.75, 3.05) is 13.2 Å². The van der Waals surface area contributed by atoms with Crippen molar-refractivity contribution in [1.29, 1.82) is 0 Å². The Morgan fingerprint density at radius 3 is 2.75 bits per heavy atom. The fourth-order valence-corrected chi connectivity index (χ4v) is 3.72. The maximum atomic E-state index is 12.1. The van der Waals surface area contributed by atoms with Crippen LogP contribution in [0.4, 0.5) is 0 Å². The minimum atomic E-state index is -0.259. The van der Waals surface area contributed by atoms with Gasteiger partial charge in [-0.3, -0.25) is 4.79 Å². The van der Waals surface area contributed by atoms with Gasteiger partial charge in [0.05, 0.1) is 0 Å². The van der Waals surface area contributed by atoms with E-state index < -0.39 is 0 Å². The molecule has 1 aliphatic rings. The van der Waals surface area contributed by atoms with Crippen LogP contribution in [0.25, 0.3) is 11.0 Å². The van der Waals surface area contributed by atoms with Gasteiger partial charge in [0.15, 0.2) is 6.61 Å². The Hall–Kier alpha value is -3.08. The molecule has 0 aliphatic heterocycles. The van der Waals surface area contributed by atoms with Crippen LogP contribution < -0.4 is 15.7 Å². The fraction of sp³-hybridized carbons (Fsp3) is 0.304. The van der Waals surface area contributed by atoms with Crippen molar-refractivity contribution in [1.82, 2.24) is 5.32 Å². The number of benzene rings is 2. The first-order valence-electron chi connectivity index (χ1n) is 9.65. The number of hydrogen-bond donors (Lipinski definition) is 1. The molecule has 0 unspecified atom stereocenters. The Kier molecular flexibility index (Phi) is 5.15. The highest BCUT2D eigenvalue weighted by Gasteiger charge is 2.19. The highest BCUT2D eigenvalue weighted by molar-refractivity contribution is 5.83. The third kappa shape index (κ3) is 3.79. The molecular formula is C23H23NO4. The highest BCUT2D eigenvalue weighted by Crippen LogP contribution is 2.29. The van der Waals surface area contributed by atoms with E-state index in [1.165, 1.54) is 5.56 Å². The van der Waals surface area contributed by atoms with E-state index in [1.807, 2.05) is 42.5 Å². The Bertz CT molecular complexity index is 1060. The largest absolute Gasteiger partial charge is 0.484 e. The van der Waals surface area contributed by atoms with Gasteiger partial charge in [0.2, 0.25) is 0 Å². The molecule has 1 atom stereocenters. The topological polar surface area (TPSA) is 68.5 Å². The van der Waals surface area contributed by atoms with Gasteiger partial charge in [-0.25, -0.2) is 4.79 Å². The van der Waals surface area contributed by atoms with Gasteiger partial charge >= 0.3 is 5.63 Å². The second-order valence-corrected chi connectivity index (χ2v) is 7.26. The summed E-state index contributed by atoms with van der Waals surface area (Å²) in [7, 11) is 0. The lowest BCUT2D eigenvalue weighted by Crippen LogP contribution is -2.31. The number of rotatable bonds is 6. The van der Waals surface area contributed by atoms with E-state index in [-0.39, 0.29) is 24.1 Å². The molecular weight excluding hydrogens is 354 g/mol. The summed E-state index contributed by atoms with van der Waals surface area (Å²) in [6.07, 6.45) is 2.67. The van der Waals surface area contributed by atoms with Crippen molar-refractivity contribution in [2.24, 2.45) is 0 Å². The second kappa shape index (κ2) is 7.89. The molecule has 5 nitrogen and oxygen atoms in total. The summed E-state index contributed by atoms with van der Waals surface area (Å²) in [5.41, 5.74) is 3.32. The third-order valence-electron chi connectivity index (χ3n) is 5.29. The van der Waals surface area contributed by atoms with Crippen LogP contribution in [0.3, 0.4) is 0 Å². The number of carbonyl (C=O) groups is 1. The molecule has 3 aromatic rings. The first kappa shape index (κ1) is 18.3. The number of ether oxygens (including phenoxy) is 1. The third-order valence-corrected chi connectivity index (χ3v) is 5.29. The minimum absolute atomic E-state index is 0.0812. The molecule has 28 heavy (non-hydrogen) atoms. The molecule has 2 aromatic carbocycles. The van der Waals surface area contributed by atoms with E-state index in [1.54, 1.807) is 6.07 Å². The van der Waals surface area contributed by atoms with Crippen LogP contribution in [0.2, 0.25) is 0 Å². The van der Waals surface area contributed by atoms with E-state index in [4.69, 9.17) is 9.15 Å². The van der Waals surface area contributed by atoms with Crippen LogP contribution in [0.15, 0.2) is 57.7 Å². The maximum Gasteiger partial charge on any atom is 0.339 e. The molecule has 4 rings (SSSR count). The lowest BCUT2D eigenvalue weighted by Gasteiger charge is -2.13. The average Bonchev–Trinajstić information content (AvgIpc) is 3.22. The molecule has 144 valence electrons. The zero-order valence-corrected chi connectivity index (χ0v) is 15.9. The summed E-state index contributed by atoms with van der Waals surface area (Å²) in [6.45, 7) is 2.54. The van der Waals surface area contributed by atoms with Gasteiger partial charge in [-0.05, 0) is 48.4 Å². The monoisotopic (exact) mass is 377 g/mol. The van der Waals surface area contributed by atoms with Crippen LogP contribution in [0.1, 0.15) is 36.0 Å². The lowest BCUT2D eigenvalue weighted by atomic mass is 10.0. The lowest BCUT2D eigenvalue weighted by molar-refractivity contribution is -0.123. The van der Waals surface area contributed by atoms with Crippen molar-refractivity contribution in [3.63, 3.8) is 0 Å². The zero-order valence-electron chi connectivity index (χ0n) is 15.9. The number of amides is 1. The van der Waals surface area contributed by atoms with Gasteiger partial charge in [-0.1, -0.05) is 37.3 Å². The molecule has 1 aromatic heterocycles. The number of aryl methyl sites for hydroxylation is 1. The van der Waals surface area contributed by atoms with Crippen LogP contribution in [-0.4, -0.2) is 19.1 Å². The van der Waals surface area contributed by atoms with Gasteiger partial charge < -0.3 is 14.5 Å². The molecule has 1 aliphatic carbocycles. The van der Waals surface area contributed by atoms with Gasteiger partial charge in [0, 0.05) is 23.6 Å². The van der Waals surface area contributed by atoms with Crippen LogP contribution >= 0.6 is 0 Å².